The van der Waals surface area contributed by atoms with E-state index in [0.717, 1.165) is 11.8 Å². The Morgan fingerprint density at radius 2 is 2.21 bits per heavy atom. The normalized spacial score (nSPS) is 18.9. The Kier molecular flexibility index (Phi) is 2.83. The molecule has 98 valence electrons. The Balaban J connectivity index is 2.00. The maximum Gasteiger partial charge on any atom is 0.290 e. The number of benzene rings is 1. The number of carbonyl (C=O) groups excluding carboxylic acids is 2. The van der Waals surface area contributed by atoms with E-state index in [0.29, 0.717) is 27.7 Å². The molecule has 1 aromatic rings. The number of methoxy groups -OCH3 is 1. The lowest BCUT2D eigenvalue weighted by Crippen LogP contribution is -2.17. The minimum Gasteiger partial charge on any atom is -0.493 e. The molecule has 7 heteroatoms. The van der Waals surface area contributed by atoms with Gasteiger partial charge in [0.25, 0.3) is 11.1 Å². The molecule has 2 aliphatic rings. The summed E-state index contributed by atoms with van der Waals surface area (Å²) < 4.78 is 15.8. The van der Waals surface area contributed by atoms with E-state index in [9.17, 15) is 9.59 Å². The third kappa shape index (κ3) is 2.12. The van der Waals surface area contributed by atoms with Crippen molar-refractivity contribution >= 4 is 29.0 Å². The minimum absolute atomic E-state index is 0.138. The topological polar surface area (TPSA) is 73.9 Å². The Labute approximate surface area is 112 Å². The van der Waals surface area contributed by atoms with Crippen molar-refractivity contribution in [1.82, 2.24) is 5.32 Å². The van der Waals surface area contributed by atoms with Crippen LogP contribution in [0.25, 0.3) is 6.08 Å². The van der Waals surface area contributed by atoms with Crippen LogP contribution in [0.2, 0.25) is 0 Å². The quantitative estimate of drug-likeness (QED) is 0.831. The molecule has 0 spiro atoms. The maximum absolute atomic E-state index is 11.5. The van der Waals surface area contributed by atoms with Crippen LogP contribution in [0.3, 0.4) is 0 Å². The maximum atomic E-state index is 11.5. The smallest absolute Gasteiger partial charge is 0.290 e. The summed E-state index contributed by atoms with van der Waals surface area (Å²) in [4.78, 5) is 22.9. The standard InChI is InChI=1S/C12H9NO5S/c1-16-7-2-6(3-8-10(7)18-5-17-8)4-9-11(14)13-12(15)19-9/h2-4H,5H2,1H3,(H,13,14,15)/b9-4-. The molecule has 3 rings (SSSR count). The van der Waals surface area contributed by atoms with E-state index >= 15 is 0 Å². The van der Waals surface area contributed by atoms with Gasteiger partial charge >= 0.3 is 0 Å². The Morgan fingerprint density at radius 3 is 2.89 bits per heavy atom. The van der Waals surface area contributed by atoms with E-state index in [4.69, 9.17) is 14.2 Å². The lowest BCUT2D eigenvalue weighted by atomic mass is 10.1. The first-order valence-electron chi connectivity index (χ1n) is 5.40. The first-order valence-corrected chi connectivity index (χ1v) is 6.21. The van der Waals surface area contributed by atoms with E-state index in [2.05, 4.69) is 5.32 Å². The van der Waals surface area contributed by atoms with Gasteiger partial charge in [0.05, 0.1) is 12.0 Å². The third-order valence-corrected chi connectivity index (χ3v) is 3.43. The van der Waals surface area contributed by atoms with Crippen molar-refractivity contribution in [2.24, 2.45) is 0 Å². The van der Waals surface area contributed by atoms with Crippen LogP contribution in [0.5, 0.6) is 17.2 Å². The molecule has 0 radical (unpaired) electrons. The number of carbonyl (C=O) groups is 2. The zero-order valence-corrected chi connectivity index (χ0v) is 10.7. The van der Waals surface area contributed by atoms with Gasteiger partial charge in [0.15, 0.2) is 11.5 Å². The second kappa shape index (κ2) is 4.51. The van der Waals surface area contributed by atoms with E-state index in [1.807, 2.05) is 0 Å². The molecule has 0 unspecified atom stereocenters. The molecule has 1 fully saturated rings. The van der Waals surface area contributed by atoms with E-state index < -0.39 is 5.91 Å². The van der Waals surface area contributed by atoms with Gasteiger partial charge in [-0.25, -0.2) is 0 Å². The predicted octanol–water partition coefficient (Wildman–Crippen LogP) is 1.75. The van der Waals surface area contributed by atoms with Gasteiger partial charge in [0, 0.05) is 0 Å². The number of hydrogen-bond acceptors (Lipinski definition) is 6. The average molecular weight is 279 g/mol. The highest BCUT2D eigenvalue weighted by atomic mass is 32.2. The monoisotopic (exact) mass is 279 g/mol. The number of hydrogen-bond donors (Lipinski definition) is 1. The molecule has 0 aliphatic carbocycles. The Bertz CT molecular complexity index is 610. The Hall–Kier alpha value is -2.15. The van der Waals surface area contributed by atoms with Crippen molar-refractivity contribution in [3.63, 3.8) is 0 Å². The molecular weight excluding hydrogens is 270 g/mol. The number of rotatable bonds is 2. The number of nitrogens with one attached hydrogen (secondary N) is 1. The highest BCUT2D eigenvalue weighted by Crippen LogP contribution is 2.42. The zero-order chi connectivity index (χ0) is 13.4. The minimum atomic E-state index is -0.397. The predicted molar refractivity (Wildman–Crippen MR) is 68.2 cm³/mol. The van der Waals surface area contributed by atoms with Gasteiger partial charge in [0.2, 0.25) is 12.5 Å². The molecule has 1 N–H and O–H groups in total. The number of thioether (sulfide) groups is 1. The van der Waals surface area contributed by atoms with Crippen LogP contribution in [0.1, 0.15) is 5.56 Å². The molecule has 6 nitrogen and oxygen atoms in total. The number of imide groups is 1. The molecular formula is C12H9NO5S. The second-order valence-electron chi connectivity index (χ2n) is 3.81. The summed E-state index contributed by atoms with van der Waals surface area (Å²) in [6, 6.07) is 3.45. The van der Waals surface area contributed by atoms with Crippen molar-refractivity contribution in [3.05, 3.63) is 22.6 Å². The molecule has 19 heavy (non-hydrogen) atoms. The fourth-order valence-electron chi connectivity index (χ4n) is 1.81. The van der Waals surface area contributed by atoms with E-state index in [1.165, 1.54) is 7.11 Å². The first kappa shape index (κ1) is 11.9. The molecule has 0 atom stereocenters. The lowest BCUT2D eigenvalue weighted by Gasteiger charge is -2.06. The molecule has 0 saturated carbocycles. The molecule has 1 saturated heterocycles. The molecule has 0 aromatic heterocycles. The molecule has 0 bridgehead atoms. The third-order valence-electron chi connectivity index (χ3n) is 2.62. The van der Waals surface area contributed by atoms with E-state index in [-0.39, 0.29) is 12.0 Å². The number of fused-ring (bicyclic) bond motifs is 1. The number of ether oxygens (including phenoxy) is 3. The fraction of sp³-hybridized carbons (Fsp3) is 0.167. The van der Waals surface area contributed by atoms with Crippen LogP contribution < -0.4 is 19.5 Å². The van der Waals surface area contributed by atoms with Crippen LogP contribution >= 0.6 is 11.8 Å². The average Bonchev–Trinajstić information content (AvgIpc) is 2.95. The summed E-state index contributed by atoms with van der Waals surface area (Å²) >= 11 is 0.864. The van der Waals surface area contributed by atoms with Crippen molar-refractivity contribution < 1.29 is 23.8 Å². The second-order valence-corrected chi connectivity index (χ2v) is 4.82. The largest absolute Gasteiger partial charge is 0.493 e. The highest BCUT2D eigenvalue weighted by molar-refractivity contribution is 8.18. The van der Waals surface area contributed by atoms with Crippen molar-refractivity contribution in [3.8, 4) is 17.2 Å². The summed E-state index contributed by atoms with van der Waals surface area (Å²) in [6.45, 7) is 0.138. The summed E-state index contributed by atoms with van der Waals surface area (Å²) in [5, 5.41) is 1.83. The highest BCUT2D eigenvalue weighted by Gasteiger charge is 2.26. The molecule has 2 heterocycles. The van der Waals surface area contributed by atoms with Crippen LogP contribution in [-0.2, 0) is 4.79 Å². The fourth-order valence-corrected chi connectivity index (χ4v) is 2.49. The molecule has 2 aliphatic heterocycles. The SMILES string of the molecule is COc1cc(/C=C2\SC(=O)NC2=O)cc2c1OCO2. The van der Waals surface area contributed by atoms with Gasteiger partial charge in [-0.1, -0.05) is 0 Å². The van der Waals surface area contributed by atoms with Crippen LogP contribution in [0.15, 0.2) is 17.0 Å². The number of amides is 2. The first-order chi connectivity index (χ1) is 9.17. The summed E-state index contributed by atoms with van der Waals surface area (Å²) in [5.41, 5.74) is 0.702. The summed E-state index contributed by atoms with van der Waals surface area (Å²) in [6.07, 6.45) is 1.61. The summed E-state index contributed by atoms with van der Waals surface area (Å²) in [7, 11) is 1.52. The molecule has 2 amide bonds. The van der Waals surface area contributed by atoms with Gasteiger partial charge in [-0.05, 0) is 35.5 Å². The summed E-state index contributed by atoms with van der Waals surface area (Å²) in [5.74, 6) is 1.23. The molecule has 1 aromatic carbocycles. The van der Waals surface area contributed by atoms with Gasteiger partial charge in [-0.15, -0.1) is 0 Å². The lowest BCUT2D eigenvalue weighted by molar-refractivity contribution is -0.115. The van der Waals surface area contributed by atoms with Crippen LogP contribution in [0, 0.1) is 0 Å². The van der Waals surface area contributed by atoms with Crippen LogP contribution in [0.4, 0.5) is 4.79 Å². The van der Waals surface area contributed by atoms with Crippen molar-refractivity contribution in [1.29, 1.82) is 0 Å². The van der Waals surface area contributed by atoms with Crippen molar-refractivity contribution in [2.45, 2.75) is 0 Å². The van der Waals surface area contributed by atoms with Gasteiger partial charge < -0.3 is 14.2 Å². The van der Waals surface area contributed by atoms with Gasteiger partial charge in [-0.2, -0.15) is 0 Å². The van der Waals surface area contributed by atoms with Crippen LogP contribution in [-0.4, -0.2) is 25.0 Å². The van der Waals surface area contributed by atoms with Gasteiger partial charge in [0.1, 0.15) is 0 Å². The Morgan fingerprint density at radius 1 is 1.37 bits per heavy atom. The van der Waals surface area contributed by atoms with E-state index in [1.54, 1.807) is 18.2 Å². The zero-order valence-electron chi connectivity index (χ0n) is 9.89. The van der Waals surface area contributed by atoms with Gasteiger partial charge in [-0.3, -0.25) is 14.9 Å². The van der Waals surface area contributed by atoms with Crippen molar-refractivity contribution in [2.75, 3.05) is 13.9 Å².